The molecule has 2 fully saturated rings. The number of alkyl halides is 3. The van der Waals surface area contributed by atoms with E-state index >= 15 is 0 Å². The largest absolute Gasteiger partial charge is 0.573 e. The third kappa shape index (κ3) is 6.43. The molecule has 2 aromatic rings. The van der Waals surface area contributed by atoms with Crippen LogP contribution in [-0.2, 0) is 11.3 Å². The molecule has 1 atom stereocenters. The zero-order chi connectivity index (χ0) is 23.5. The van der Waals surface area contributed by atoms with Crippen LogP contribution in [0.5, 0.6) is 5.75 Å². The molecule has 2 saturated heterocycles. The van der Waals surface area contributed by atoms with E-state index in [-0.39, 0.29) is 35.5 Å². The summed E-state index contributed by atoms with van der Waals surface area (Å²) < 4.78 is 40.9. The standard InChI is InChI=1S/C25H30F3N3O2.ClH/c26-25(27,28)33-21-8-6-19(7-9-21)18-31-17-13-24(23(31)32)11-15-30(16-12-24)14-10-22(29)20-4-2-1-3-5-20;/h1-9,22H,10-18,29H2;1H/t22-;/m0./s1. The molecule has 0 bridgehead atoms. The van der Waals surface area contributed by atoms with Crippen molar-refractivity contribution < 1.29 is 22.7 Å². The molecule has 0 unspecified atom stereocenters. The average Bonchev–Trinajstić information content (AvgIpc) is 3.09. The zero-order valence-electron chi connectivity index (χ0n) is 19.0. The summed E-state index contributed by atoms with van der Waals surface area (Å²) in [6.07, 6.45) is -1.33. The van der Waals surface area contributed by atoms with Gasteiger partial charge in [-0.3, -0.25) is 4.79 Å². The lowest BCUT2D eigenvalue weighted by atomic mass is 9.77. The molecule has 186 valence electrons. The van der Waals surface area contributed by atoms with Crippen molar-refractivity contribution in [3.63, 3.8) is 0 Å². The average molecular weight is 498 g/mol. The lowest BCUT2D eigenvalue weighted by Gasteiger charge is -2.38. The smallest absolute Gasteiger partial charge is 0.406 e. The maximum atomic E-state index is 13.2. The zero-order valence-corrected chi connectivity index (χ0v) is 19.8. The fourth-order valence-electron chi connectivity index (χ4n) is 4.92. The van der Waals surface area contributed by atoms with Gasteiger partial charge in [-0.25, -0.2) is 0 Å². The number of likely N-dealkylation sites (tertiary alicyclic amines) is 2. The van der Waals surface area contributed by atoms with Crippen LogP contribution in [0.15, 0.2) is 54.6 Å². The van der Waals surface area contributed by atoms with Crippen LogP contribution in [0.1, 0.15) is 42.9 Å². The summed E-state index contributed by atoms with van der Waals surface area (Å²) in [6.45, 7) is 3.76. The molecule has 1 amide bonds. The van der Waals surface area contributed by atoms with Crippen LogP contribution in [0.4, 0.5) is 13.2 Å². The maximum Gasteiger partial charge on any atom is 0.573 e. The molecular weight excluding hydrogens is 467 g/mol. The highest BCUT2D eigenvalue weighted by Gasteiger charge is 2.47. The summed E-state index contributed by atoms with van der Waals surface area (Å²) in [4.78, 5) is 17.4. The number of hydrogen-bond acceptors (Lipinski definition) is 4. The fraction of sp³-hybridized carbons (Fsp3) is 0.480. The maximum absolute atomic E-state index is 13.2. The third-order valence-corrected chi connectivity index (χ3v) is 6.93. The van der Waals surface area contributed by atoms with Gasteiger partial charge in [-0.2, -0.15) is 0 Å². The molecule has 4 rings (SSSR count). The molecule has 9 heteroatoms. The van der Waals surface area contributed by atoms with Gasteiger partial charge in [0.1, 0.15) is 5.75 Å². The van der Waals surface area contributed by atoms with E-state index in [1.807, 2.05) is 23.1 Å². The van der Waals surface area contributed by atoms with Crippen LogP contribution in [0.3, 0.4) is 0 Å². The molecule has 5 nitrogen and oxygen atoms in total. The molecule has 2 N–H and O–H groups in total. The topological polar surface area (TPSA) is 58.8 Å². The van der Waals surface area contributed by atoms with Crippen molar-refractivity contribution in [2.24, 2.45) is 11.1 Å². The van der Waals surface area contributed by atoms with Gasteiger partial charge in [0.2, 0.25) is 5.91 Å². The molecule has 0 radical (unpaired) electrons. The van der Waals surface area contributed by atoms with Crippen LogP contribution in [0, 0.1) is 5.41 Å². The summed E-state index contributed by atoms with van der Waals surface area (Å²) in [5, 5.41) is 0. The normalized spacial score (nSPS) is 19.2. The van der Waals surface area contributed by atoms with Crippen LogP contribution in [0.25, 0.3) is 0 Å². The number of carbonyl (C=O) groups is 1. The minimum Gasteiger partial charge on any atom is -0.406 e. The first-order valence-electron chi connectivity index (χ1n) is 11.4. The fourth-order valence-corrected chi connectivity index (χ4v) is 4.92. The highest BCUT2D eigenvalue weighted by molar-refractivity contribution is 5.85. The van der Waals surface area contributed by atoms with Crippen molar-refractivity contribution >= 4 is 18.3 Å². The number of piperidine rings is 1. The molecule has 1 spiro atoms. The van der Waals surface area contributed by atoms with Crippen LogP contribution in [0.2, 0.25) is 0 Å². The Morgan fingerprint density at radius 3 is 2.21 bits per heavy atom. The van der Waals surface area contributed by atoms with Crippen LogP contribution in [-0.4, -0.2) is 48.2 Å². The van der Waals surface area contributed by atoms with Crippen LogP contribution >= 0.6 is 12.4 Å². The Morgan fingerprint density at radius 2 is 1.59 bits per heavy atom. The number of rotatable bonds is 7. The van der Waals surface area contributed by atoms with Crippen molar-refractivity contribution in [1.29, 1.82) is 0 Å². The predicted octanol–water partition coefficient (Wildman–Crippen LogP) is 4.91. The second-order valence-corrected chi connectivity index (χ2v) is 9.10. The molecule has 2 aliphatic rings. The highest BCUT2D eigenvalue weighted by atomic mass is 35.5. The van der Waals surface area contributed by atoms with Gasteiger partial charge < -0.3 is 20.3 Å². The Bertz CT molecular complexity index is 933. The minimum atomic E-state index is -4.71. The van der Waals surface area contributed by atoms with E-state index < -0.39 is 6.36 Å². The van der Waals surface area contributed by atoms with E-state index in [9.17, 15) is 18.0 Å². The number of nitrogens with zero attached hydrogens (tertiary/aromatic N) is 2. The Hall–Kier alpha value is -2.29. The van der Waals surface area contributed by atoms with Gasteiger partial charge in [-0.15, -0.1) is 25.6 Å². The van der Waals surface area contributed by atoms with Crippen molar-refractivity contribution in [3.05, 3.63) is 65.7 Å². The number of ether oxygens (including phenoxy) is 1. The van der Waals surface area contributed by atoms with Gasteiger partial charge >= 0.3 is 6.36 Å². The molecule has 34 heavy (non-hydrogen) atoms. The van der Waals surface area contributed by atoms with E-state index in [2.05, 4.69) is 21.8 Å². The summed E-state index contributed by atoms with van der Waals surface area (Å²) in [6, 6.07) is 15.9. The quantitative estimate of drug-likeness (QED) is 0.590. The van der Waals surface area contributed by atoms with Gasteiger partial charge in [0.15, 0.2) is 0 Å². The van der Waals surface area contributed by atoms with E-state index in [1.165, 1.54) is 12.1 Å². The van der Waals surface area contributed by atoms with E-state index in [4.69, 9.17) is 5.73 Å². The number of carbonyl (C=O) groups excluding carboxylic acids is 1. The first-order valence-corrected chi connectivity index (χ1v) is 11.4. The first-order chi connectivity index (χ1) is 15.7. The number of hydrogen-bond donors (Lipinski definition) is 1. The number of benzene rings is 2. The molecule has 0 aliphatic carbocycles. The number of amides is 1. The summed E-state index contributed by atoms with van der Waals surface area (Å²) in [5.41, 5.74) is 7.96. The van der Waals surface area contributed by atoms with E-state index in [0.717, 1.165) is 56.4 Å². The van der Waals surface area contributed by atoms with Crippen molar-refractivity contribution in [2.45, 2.75) is 44.6 Å². The van der Waals surface area contributed by atoms with E-state index in [1.54, 1.807) is 12.1 Å². The van der Waals surface area contributed by atoms with Crippen molar-refractivity contribution in [1.82, 2.24) is 9.80 Å². The van der Waals surface area contributed by atoms with E-state index in [0.29, 0.717) is 13.1 Å². The van der Waals surface area contributed by atoms with Gasteiger partial charge in [-0.05, 0) is 68.6 Å². The Labute approximate surface area is 204 Å². The summed E-state index contributed by atoms with van der Waals surface area (Å²) in [7, 11) is 0. The SMILES string of the molecule is Cl.N[C@@H](CCN1CCC2(CC1)CCN(Cc1ccc(OC(F)(F)F)cc1)C2=O)c1ccccc1. The molecule has 2 aromatic carbocycles. The number of halogens is 4. The van der Waals surface area contributed by atoms with Gasteiger partial charge in [0, 0.05) is 19.1 Å². The first kappa shape index (κ1) is 26.3. The Balaban J connectivity index is 0.00000324. The molecule has 2 aliphatic heterocycles. The second-order valence-electron chi connectivity index (χ2n) is 9.10. The molecule has 2 heterocycles. The third-order valence-electron chi connectivity index (χ3n) is 6.93. The number of nitrogens with two attached hydrogens (primary N) is 1. The molecular formula is C25H31ClF3N3O2. The van der Waals surface area contributed by atoms with Gasteiger partial charge in [0.25, 0.3) is 0 Å². The Morgan fingerprint density at radius 1 is 0.971 bits per heavy atom. The minimum absolute atomic E-state index is 0. The molecule has 0 aromatic heterocycles. The van der Waals surface area contributed by atoms with Crippen molar-refractivity contribution in [3.8, 4) is 5.75 Å². The van der Waals surface area contributed by atoms with Gasteiger partial charge in [-0.1, -0.05) is 42.5 Å². The highest BCUT2D eigenvalue weighted by Crippen LogP contribution is 2.42. The Kier molecular flexibility index (Phi) is 8.49. The second kappa shape index (κ2) is 11.0. The lowest BCUT2D eigenvalue weighted by Crippen LogP contribution is -2.45. The monoisotopic (exact) mass is 497 g/mol. The molecule has 0 saturated carbocycles. The summed E-state index contributed by atoms with van der Waals surface area (Å²) >= 11 is 0. The van der Waals surface area contributed by atoms with Gasteiger partial charge in [0.05, 0.1) is 5.41 Å². The lowest BCUT2D eigenvalue weighted by molar-refractivity contribution is -0.274. The summed E-state index contributed by atoms with van der Waals surface area (Å²) in [5.74, 6) is -0.0893. The van der Waals surface area contributed by atoms with Crippen molar-refractivity contribution in [2.75, 3.05) is 26.2 Å². The predicted molar refractivity (Wildman–Crippen MR) is 127 cm³/mol. The van der Waals surface area contributed by atoms with Crippen LogP contribution < -0.4 is 10.5 Å².